The summed E-state index contributed by atoms with van der Waals surface area (Å²) in [6.07, 6.45) is 3.91. The van der Waals surface area contributed by atoms with E-state index in [1.807, 2.05) is 11.3 Å². The average Bonchev–Trinajstić information content (AvgIpc) is 2.77. The Morgan fingerprint density at radius 1 is 1.64 bits per heavy atom. The summed E-state index contributed by atoms with van der Waals surface area (Å²) >= 11 is 5.44. The summed E-state index contributed by atoms with van der Waals surface area (Å²) in [7, 11) is 2.08. The van der Waals surface area contributed by atoms with Crippen LogP contribution in [0.2, 0.25) is 0 Å². The van der Waals surface area contributed by atoms with E-state index in [-0.39, 0.29) is 0 Å². The molecule has 1 saturated carbocycles. The van der Waals surface area contributed by atoms with Crippen molar-refractivity contribution < 1.29 is 0 Å². The Hall–Kier alpha value is 0.140. The van der Waals surface area contributed by atoms with Gasteiger partial charge in [-0.25, -0.2) is 0 Å². The third-order valence-corrected chi connectivity index (χ3v) is 5.26. The first-order valence-corrected chi connectivity index (χ1v) is 6.72. The first kappa shape index (κ1) is 10.7. The third kappa shape index (κ3) is 2.05. The van der Waals surface area contributed by atoms with Crippen molar-refractivity contribution in [3.05, 3.63) is 20.8 Å². The normalized spacial score (nSPS) is 20.8. The molecule has 78 valence electrons. The van der Waals surface area contributed by atoms with Crippen LogP contribution in [-0.4, -0.2) is 13.1 Å². The minimum absolute atomic E-state index is 0.554. The van der Waals surface area contributed by atoms with Gasteiger partial charge < -0.3 is 5.32 Å². The number of rotatable bonds is 4. The number of halogens is 1. The molecule has 0 radical (unpaired) electrons. The first-order valence-electron chi connectivity index (χ1n) is 5.05. The Labute approximate surface area is 98.0 Å². The van der Waals surface area contributed by atoms with Crippen LogP contribution in [0.3, 0.4) is 0 Å². The smallest absolute Gasteiger partial charge is 0.0314 e. The third-order valence-electron chi connectivity index (χ3n) is 3.31. The Kier molecular flexibility index (Phi) is 3.01. The summed E-state index contributed by atoms with van der Waals surface area (Å²) in [6.45, 7) is 2.38. The minimum atomic E-state index is 0.554. The molecule has 0 saturated heterocycles. The molecule has 1 aromatic rings. The Morgan fingerprint density at radius 2 is 2.36 bits per heavy atom. The topological polar surface area (TPSA) is 12.0 Å². The van der Waals surface area contributed by atoms with Gasteiger partial charge in [0.05, 0.1) is 0 Å². The highest BCUT2D eigenvalue weighted by Gasteiger charge is 2.44. The highest BCUT2D eigenvalue weighted by molar-refractivity contribution is 9.10. The number of likely N-dealkylation sites (N-methyl/N-ethyl adjacent to an activating group) is 1. The van der Waals surface area contributed by atoms with Crippen molar-refractivity contribution >= 4 is 27.3 Å². The second kappa shape index (κ2) is 3.95. The summed E-state index contributed by atoms with van der Waals surface area (Å²) in [5.41, 5.74) is 0.554. The molecular weight excluding hydrogens is 258 g/mol. The number of hydrogen-bond donors (Lipinski definition) is 1. The molecule has 14 heavy (non-hydrogen) atoms. The van der Waals surface area contributed by atoms with Crippen LogP contribution in [0, 0.1) is 5.41 Å². The lowest BCUT2D eigenvalue weighted by Crippen LogP contribution is -2.35. The molecule has 1 heterocycles. The van der Waals surface area contributed by atoms with E-state index < -0.39 is 0 Å². The number of nitrogens with one attached hydrogen (secondary N) is 1. The van der Waals surface area contributed by atoms with Gasteiger partial charge in [0, 0.05) is 15.4 Å². The van der Waals surface area contributed by atoms with Crippen LogP contribution in [0.15, 0.2) is 15.9 Å². The molecule has 0 aliphatic heterocycles. The van der Waals surface area contributed by atoms with Gasteiger partial charge in [-0.3, -0.25) is 0 Å². The summed E-state index contributed by atoms with van der Waals surface area (Å²) < 4.78 is 1.27. The van der Waals surface area contributed by atoms with Crippen molar-refractivity contribution in [3.63, 3.8) is 0 Å². The lowest BCUT2D eigenvalue weighted by Gasteiger charge is -2.22. The zero-order chi connectivity index (χ0) is 10.2. The van der Waals surface area contributed by atoms with Crippen LogP contribution in [0.4, 0.5) is 0 Å². The maximum atomic E-state index is 3.59. The van der Waals surface area contributed by atoms with Gasteiger partial charge in [0.25, 0.3) is 0 Å². The predicted octanol–water partition coefficient (Wildman–Crippen LogP) is 3.44. The lowest BCUT2D eigenvalue weighted by atomic mass is 9.95. The summed E-state index contributed by atoms with van der Waals surface area (Å²) in [5, 5.41) is 5.61. The van der Waals surface area contributed by atoms with Gasteiger partial charge >= 0.3 is 0 Å². The fraction of sp³-hybridized carbons (Fsp3) is 0.636. The standard InChI is InChI=1S/C11H16BrNS/c1-11(4-5-11)10(13-2)7-9-8(12)3-6-14-9/h3,6,10,13H,4-5,7H2,1-2H3. The molecule has 1 nitrogen and oxygen atoms in total. The molecule has 1 N–H and O–H groups in total. The molecular formula is C11H16BrNS. The quantitative estimate of drug-likeness (QED) is 0.886. The second-order valence-corrected chi connectivity index (χ2v) is 6.25. The van der Waals surface area contributed by atoms with E-state index in [0.717, 1.165) is 6.42 Å². The highest BCUT2D eigenvalue weighted by atomic mass is 79.9. The van der Waals surface area contributed by atoms with E-state index in [2.05, 4.69) is 46.7 Å². The highest BCUT2D eigenvalue weighted by Crippen LogP contribution is 2.49. The molecule has 3 heteroatoms. The van der Waals surface area contributed by atoms with E-state index in [1.54, 1.807) is 0 Å². The van der Waals surface area contributed by atoms with E-state index in [4.69, 9.17) is 0 Å². The predicted molar refractivity (Wildman–Crippen MR) is 65.9 cm³/mol. The molecule has 1 aliphatic rings. The first-order chi connectivity index (χ1) is 6.65. The molecule has 0 spiro atoms. The maximum Gasteiger partial charge on any atom is 0.0314 e. The van der Waals surface area contributed by atoms with Crippen molar-refractivity contribution in [2.75, 3.05) is 7.05 Å². The average molecular weight is 274 g/mol. The molecule has 1 unspecified atom stereocenters. The van der Waals surface area contributed by atoms with Crippen molar-refractivity contribution in [2.24, 2.45) is 5.41 Å². The van der Waals surface area contributed by atoms with Crippen LogP contribution < -0.4 is 5.32 Å². The van der Waals surface area contributed by atoms with Crippen molar-refractivity contribution in [1.82, 2.24) is 5.32 Å². The lowest BCUT2D eigenvalue weighted by molar-refractivity contribution is 0.377. The zero-order valence-corrected chi connectivity index (χ0v) is 11.0. The van der Waals surface area contributed by atoms with Crippen molar-refractivity contribution in [1.29, 1.82) is 0 Å². The Balaban J connectivity index is 2.05. The largest absolute Gasteiger partial charge is 0.316 e. The molecule has 1 fully saturated rings. The van der Waals surface area contributed by atoms with Crippen molar-refractivity contribution in [2.45, 2.75) is 32.2 Å². The summed E-state index contributed by atoms with van der Waals surface area (Å²) in [6, 6.07) is 2.78. The molecule has 0 amide bonds. The number of thiophene rings is 1. The van der Waals surface area contributed by atoms with Crippen LogP contribution in [0.1, 0.15) is 24.6 Å². The number of hydrogen-bond acceptors (Lipinski definition) is 2. The summed E-state index contributed by atoms with van der Waals surface area (Å²) in [4.78, 5) is 1.47. The molecule has 1 aliphatic carbocycles. The second-order valence-electron chi connectivity index (χ2n) is 4.39. The molecule has 0 aromatic carbocycles. The van der Waals surface area contributed by atoms with Gasteiger partial charge in [-0.15, -0.1) is 11.3 Å². The van der Waals surface area contributed by atoms with Gasteiger partial charge in [-0.2, -0.15) is 0 Å². The van der Waals surface area contributed by atoms with E-state index in [0.29, 0.717) is 11.5 Å². The maximum absolute atomic E-state index is 3.59. The Morgan fingerprint density at radius 3 is 2.79 bits per heavy atom. The minimum Gasteiger partial charge on any atom is -0.316 e. The fourth-order valence-corrected chi connectivity index (χ4v) is 3.46. The van der Waals surface area contributed by atoms with Crippen LogP contribution >= 0.6 is 27.3 Å². The summed E-state index contributed by atoms with van der Waals surface area (Å²) in [5.74, 6) is 0. The van der Waals surface area contributed by atoms with Gasteiger partial charge in [-0.1, -0.05) is 6.92 Å². The monoisotopic (exact) mass is 273 g/mol. The molecule has 1 aromatic heterocycles. The van der Waals surface area contributed by atoms with Gasteiger partial charge in [-0.05, 0) is 59.1 Å². The van der Waals surface area contributed by atoms with Gasteiger partial charge in [0.1, 0.15) is 0 Å². The molecule has 1 atom stereocenters. The van der Waals surface area contributed by atoms with E-state index >= 15 is 0 Å². The van der Waals surface area contributed by atoms with Gasteiger partial charge in [0.2, 0.25) is 0 Å². The fourth-order valence-electron chi connectivity index (χ4n) is 1.90. The van der Waals surface area contributed by atoms with Crippen LogP contribution in [0.5, 0.6) is 0 Å². The van der Waals surface area contributed by atoms with Gasteiger partial charge in [0.15, 0.2) is 0 Å². The SMILES string of the molecule is CNC(Cc1sccc1Br)C1(C)CC1. The van der Waals surface area contributed by atoms with E-state index in [9.17, 15) is 0 Å². The van der Waals surface area contributed by atoms with E-state index in [1.165, 1.54) is 22.2 Å². The van der Waals surface area contributed by atoms with Crippen LogP contribution in [-0.2, 0) is 6.42 Å². The molecule has 2 rings (SSSR count). The molecule has 0 bridgehead atoms. The van der Waals surface area contributed by atoms with Crippen molar-refractivity contribution in [3.8, 4) is 0 Å². The van der Waals surface area contributed by atoms with Crippen LogP contribution in [0.25, 0.3) is 0 Å². The Bertz CT molecular complexity index is 317. The zero-order valence-electron chi connectivity index (χ0n) is 8.64.